The first-order valence-electron chi connectivity index (χ1n) is 7.45. The van der Waals surface area contributed by atoms with Gasteiger partial charge in [-0.25, -0.2) is 0 Å². The lowest BCUT2D eigenvalue weighted by Gasteiger charge is -2.36. The van der Waals surface area contributed by atoms with Gasteiger partial charge in [-0.3, -0.25) is 9.59 Å². The third kappa shape index (κ3) is 4.39. The van der Waals surface area contributed by atoms with Gasteiger partial charge in [0.1, 0.15) is 5.75 Å². The van der Waals surface area contributed by atoms with E-state index in [1.54, 1.807) is 6.92 Å². The first-order valence-corrected chi connectivity index (χ1v) is 7.45. The smallest absolute Gasteiger partial charge is 0.422 e. The Hall–Kier alpha value is -2.25. The monoisotopic (exact) mass is 345 g/mol. The number of nitrogens with one attached hydrogen (secondary N) is 1. The number of rotatable bonds is 6. The predicted octanol–water partition coefficient (Wildman–Crippen LogP) is 3.52. The van der Waals surface area contributed by atoms with Crippen LogP contribution in [0.5, 0.6) is 5.75 Å². The molecule has 0 unspecified atom stereocenters. The topological polar surface area (TPSA) is 75.6 Å². The Kier molecular flexibility index (Phi) is 5.05. The Bertz CT molecular complexity index is 639. The molecule has 1 aliphatic carbocycles. The minimum absolute atomic E-state index is 0.0753. The molecule has 0 saturated heterocycles. The van der Waals surface area contributed by atoms with Gasteiger partial charge in [0.15, 0.2) is 6.61 Å². The molecule has 1 aromatic carbocycles. The van der Waals surface area contributed by atoms with Crippen LogP contribution in [0.25, 0.3) is 0 Å². The van der Waals surface area contributed by atoms with Gasteiger partial charge in [-0.2, -0.15) is 13.2 Å². The summed E-state index contributed by atoms with van der Waals surface area (Å²) in [5, 5.41) is 11.8. The number of carboxylic acid groups (broad SMARTS) is 1. The van der Waals surface area contributed by atoms with E-state index in [4.69, 9.17) is 0 Å². The maximum atomic E-state index is 12.2. The highest BCUT2D eigenvalue weighted by molar-refractivity contribution is 5.94. The van der Waals surface area contributed by atoms with Crippen LogP contribution >= 0.6 is 0 Å². The number of ether oxygens (including phenoxy) is 1. The molecule has 0 aromatic heterocycles. The molecule has 132 valence electrons. The van der Waals surface area contributed by atoms with Gasteiger partial charge in [0.2, 0.25) is 5.91 Å². The SMILES string of the molecule is Cc1cc(NC(=O)CC2(C(=O)O)CCC2)ccc1OCC(F)(F)F. The number of aryl methyl sites for hydroxylation is 1. The van der Waals surface area contributed by atoms with Gasteiger partial charge in [-0.1, -0.05) is 6.42 Å². The standard InChI is InChI=1S/C16H18F3NO4/c1-10-7-11(3-4-12(10)24-9-16(17,18)19)20-13(21)8-15(14(22)23)5-2-6-15/h3-4,7H,2,5-6,8-9H2,1H3,(H,20,21)(H,22,23). The first kappa shape index (κ1) is 18.1. The number of benzene rings is 1. The molecule has 1 aromatic rings. The quantitative estimate of drug-likeness (QED) is 0.827. The summed E-state index contributed by atoms with van der Waals surface area (Å²) in [4.78, 5) is 23.3. The molecule has 1 amide bonds. The van der Waals surface area contributed by atoms with Crippen LogP contribution in [-0.4, -0.2) is 29.8 Å². The van der Waals surface area contributed by atoms with E-state index >= 15 is 0 Å². The molecule has 0 atom stereocenters. The van der Waals surface area contributed by atoms with Crippen molar-refractivity contribution in [2.45, 2.75) is 38.8 Å². The summed E-state index contributed by atoms with van der Waals surface area (Å²) in [6.07, 6.45) is -2.82. The second-order valence-electron chi connectivity index (χ2n) is 6.05. The molecule has 0 bridgehead atoms. The van der Waals surface area contributed by atoms with Crippen molar-refractivity contribution in [3.8, 4) is 5.75 Å². The molecule has 0 radical (unpaired) electrons. The lowest BCUT2D eigenvalue weighted by Crippen LogP contribution is -2.41. The number of carbonyl (C=O) groups excluding carboxylic acids is 1. The Labute approximate surface area is 136 Å². The maximum Gasteiger partial charge on any atom is 0.422 e. The molecule has 1 fully saturated rings. The van der Waals surface area contributed by atoms with Crippen molar-refractivity contribution in [1.29, 1.82) is 0 Å². The highest BCUT2D eigenvalue weighted by Gasteiger charge is 2.45. The van der Waals surface area contributed by atoms with Crippen LogP contribution in [-0.2, 0) is 9.59 Å². The number of carboxylic acids is 1. The normalized spacial score (nSPS) is 16.2. The Balaban J connectivity index is 1.96. The Morgan fingerprint density at radius 3 is 2.46 bits per heavy atom. The lowest BCUT2D eigenvalue weighted by molar-refractivity contribution is -0.157. The fourth-order valence-corrected chi connectivity index (χ4v) is 2.63. The molecule has 2 rings (SSSR count). The largest absolute Gasteiger partial charge is 0.484 e. The fourth-order valence-electron chi connectivity index (χ4n) is 2.63. The minimum Gasteiger partial charge on any atom is -0.484 e. The minimum atomic E-state index is -4.42. The van der Waals surface area contributed by atoms with Gasteiger partial charge >= 0.3 is 12.1 Å². The van der Waals surface area contributed by atoms with Crippen LogP contribution in [0.2, 0.25) is 0 Å². The molecular weight excluding hydrogens is 327 g/mol. The lowest BCUT2D eigenvalue weighted by atomic mass is 9.66. The van der Waals surface area contributed by atoms with Crippen molar-refractivity contribution in [1.82, 2.24) is 0 Å². The van der Waals surface area contributed by atoms with E-state index in [0.29, 0.717) is 24.1 Å². The van der Waals surface area contributed by atoms with E-state index in [2.05, 4.69) is 10.1 Å². The summed E-state index contributed by atoms with van der Waals surface area (Å²) < 4.78 is 41.2. The zero-order chi connectivity index (χ0) is 18.0. The van der Waals surface area contributed by atoms with E-state index < -0.39 is 30.1 Å². The van der Waals surface area contributed by atoms with Crippen molar-refractivity contribution in [2.75, 3.05) is 11.9 Å². The molecule has 0 spiro atoms. The van der Waals surface area contributed by atoms with Crippen molar-refractivity contribution in [3.63, 3.8) is 0 Å². The van der Waals surface area contributed by atoms with E-state index in [9.17, 15) is 27.9 Å². The molecule has 8 heteroatoms. The zero-order valence-electron chi connectivity index (χ0n) is 13.1. The molecule has 2 N–H and O–H groups in total. The van der Waals surface area contributed by atoms with Crippen LogP contribution in [0.1, 0.15) is 31.2 Å². The van der Waals surface area contributed by atoms with Gasteiger partial charge in [-0.15, -0.1) is 0 Å². The molecule has 0 aliphatic heterocycles. The highest BCUT2D eigenvalue weighted by atomic mass is 19.4. The summed E-state index contributed by atoms with van der Waals surface area (Å²) >= 11 is 0. The first-order chi connectivity index (χ1) is 11.1. The molecular formula is C16H18F3NO4. The number of amides is 1. The zero-order valence-corrected chi connectivity index (χ0v) is 13.1. The van der Waals surface area contributed by atoms with E-state index in [1.807, 2.05) is 0 Å². The number of anilines is 1. The highest BCUT2D eigenvalue weighted by Crippen LogP contribution is 2.44. The summed E-state index contributed by atoms with van der Waals surface area (Å²) in [6.45, 7) is 0.173. The third-order valence-corrected chi connectivity index (χ3v) is 4.11. The van der Waals surface area contributed by atoms with Crippen molar-refractivity contribution in [3.05, 3.63) is 23.8 Å². The number of carbonyl (C=O) groups is 2. The molecule has 5 nitrogen and oxygen atoms in total. The van der Waals surface area contributed by atoms with Crippen molar-refractivity contribution < 1.29 is 32.6 Å². The molecule has 1 aliphatic rings. The number of hydrogen-bond acceptors (Lipinski definition) is 3. The number of alkyl halides is 3. The summed E-state index contributed by atoms with van der Waals surface area (Å²) in [5.41, 5.74) is -0.167. The Morgan fingerprint density at radius 1 is 1.33 bits per heavy atom. The van der Waals surface area contributed by atoms with Crippen molar-refractivity contribution >= 4 is 17.6 Å². The van der Waals surface area contributed by atoms with Gasteiger partial charge < -0.3 is 15.2 Å². The molecule has 1 saturated carbocycles. The van der Waals surface area contributed by atoms with Crippen LogP contribution in [0.15, 0.2) is 18.2 Å². The van der Waals surface area contributed by atoms with Crippen molar-refractivity contribution in [2.24, 2.45) is 5.41 Å². The second kappa shape index (κ2) is 6.70. The van der Waals surface area contributed by atoms with Crippen LogP contribution < -0.4 is 10.1 Å². The van der Waals surface area contributed by atoms with Crippen LogP contribution in [0.3, 0.4) is 0 Å². The average molecular weight is 345 g/mol. The fraction of sp³-hybridized carbons (Fsp3) is 0.500. The average Bonchev–Trinajstić information content (AvgIpc) is 2.40. The predicted molar refractivity (Wildman–Crippen MR) is 79.9 cm³/mol. The van der Waals surface area contributed by atoms with E-state index in [1.165, 1.54) is 18.2 Å². The van der Waals surface area contributed by atoms with Gasteiger partial charge in [0.05, 0.1) is 5.41 Å². The summed E-state index contributed by atoms with van der Waals surface area (Å²) in [5.74, 6) is -1.33. The third-order valence-electron chi connectivity index (χ3n) is 4.11. The van der Waals surface area contributed by atoms with Crippen LogP contribution in [0, 0.1) is 12.3 Å². The summed E-state index contributed by atoms with van der Waals surface area (Å²) in [6, 6.07) is 4.25. The summed E-state index contributed by atoms with van der Waals surface area (Å²) in [7, 11) is 0. The second-order valence-corrected chi connectivity index (χ2v) is 6.05. The van der Waals surface area contributed by atoms with Gasteiger partial charge in [-0.05, 0) is 43.5 Å². The van der Waals surface area contributed by atoms with E-state index in [0.717, 1.165) is 6.42 Å². The molecule has 0 heterocycles. The van der Waals surface area contributed by atoms with Crippen LogP contribution in [0.4, 0.5) is 18.9 Å². The van der Waals surface area contributed by atoms with Gasteiger partial charge in [0.25, 0.3) is 0 Å². The maximum absolute atomic E-state index is 12.2. The Morgan fingerprint density at radius 2 is 2.00 bits per heavy atom. The number of aliphatic carboxylic acids is 1. The molecule has 24 heavy (non-hydrogen) atoms. The number of halogens is 3. The van der Waals surface area contributed by atoms with E-state index in [-0.39, 0.29) is 12.2 Å². The van der Waals surface area contributed by atoms with Gasteiger partial charge in [0, 0.05) is 12.1 Å². The number of hydrogen-bond donors (Lipinski definition) is 2.